The van der Waals surface area contributed by atoms with Crippen LogP contribution in [0.3, 0.4) is 0 Å². The summed E-state index contributed by atoms with van der Waals surface area (Å²) in [5.74, 6) is -0.213. The lowest BCUT2D eigenvalue weighted by Crippen LogP contribution is -2.23. The molecule has 0 saturated heterocycles. The average molecular weight is 386 g/mol. The van der Waals surface area contributed by atoms with Crippen molar-refractivity contribution in [3.05, 3.63) is 64.5 Å². The van der Waals surface area contributed by atoms with Gasteiger partial charge in [-0.1, -0.05) is 17.7 Å². The minimum Gasteiger partial charge on any atom is -0.419 e. The number of hydrogen-bond donors (Lipinski definition) is 2. The van der Waals surface area contributed by atoms with E-state index < -0.39 is 15.8 Å². The van der Waals surface area contributed by atoms with E-state index in [2.05, 4.69) is 19.9 Å². The topological polar surface area (TPSA) is 131 Å². The predicted octanol–water partition coefficient (Wildman–Crippen LogP) is 1.96. The summed E-state index contributed by atoms with van der Waals surface area (Å²) in [6.07, 6.45) is 0. The van der Waals surface area contributed by atoms with Gasteiger partial charge in [0.1, 0.15) is 0 Å². The van der Waals surface area contributed by atoms with Gasteiger partial charge in [0.15, 0.2) is 5.58 Å². The van der Waals surface area contributed by atoms with Crippen LogP contribution in [-0.4, -0.2) is 23.6 Å². The maximum absolute atomic E-state index is 12.4. The number of aryl methyl sites for hydroxylation is 1. The van der Waals surface area contributed by atoms with Gasteiger partial charge >= 0.3 is 5.76 Å². The third-order valence-corrected chi connectivity index (χ3v) is 5.25. The molecule has 0 aliphatic carbocycles. The maximum atomic E-state index is 12.4. The monoisotopic (exact) mass is 386 g/mol. The molecule has 9 nitrogen and oxygen atoms in total. The highest BCUT2D eigenvalue weighted by molar-refractivity contribution is 7.89. The van der Waals surface area contributed by atoms with Crippen LogP contribution >= 0.6 is 0 Å². The molecule has 0 aliphatic rings. The SMILES string of the molecule is Cc1cccc(-c2nnc(CNS(=O)(=O)c3ccc4[nH]c(=O)oc4c3)o2)c1. The van der Waals surface area contributed by atoms with Gasteiger partial charge in [0, 0.05) is 11.6 Å². The number of sulfonamides is 1. The van der Waals surface area contributed by atoms with Crippen molar-refractivity contribution in [3.63, 3.8) is 0 Å². The molecule has 10 heteroatoms. The lowest BCUT2D eigenvalue weighted by molar-refractivity contribution is 0.494. The molecule has 0 radical (unpaired) electrons. The summed E-state index contributed by atoms with van der Waals surface area (Å²) in [6.45, 7) is 1.77. The molecule has 0 amide bonds. The van der Waals surface area contributed by atoms with Crippen molar-refractivity contribution in [2.45, 2.75) is 18.4 Å². The first-order valence-electron chi connectivity index (χ1n) is 7.93. The standard InChI is InChI=1S/C17H14N4O5S/c1-10-3-2-4-11(7-10)16-21-20-15(26-16)9-18-27(23,24)12-5-6-13-14(8-12)25-17(22)19-13/h2-8,18H,9H2,1H3,(H,19,22). The molecule has 4 rings (SSSR count). The lowest BCUT2D eigenvalue weighted by Gasteiger charge is -2.04. The van der Waals surface area contributed by atoms with Crippen molar-refractivity contribution in [1.82, 2.24) is 19.9 Å². The van der Waals surface area contributed by atoms with Crippen molar-refractivity contribution in [1.29, 1.82) is 0 Å². The number of rotatable bonds is 5. The largest absolute Gasteiger partial charge is 0.419 e. The zero-order valence-corrected chi connectivity index (χ0v) is 14.9. The Morgan fingerprint density at radius 1 is 1.11 bits per heavy atom. The molecule has 0 atom stereocenters. The zero-order valence-electron chi connectivity index (χ0n) is 14.1. The van der Waals surface area contributed by atoms with Gasteiger partial charge in [-0.2, -0.15) is 0 Å². The van der Waals surface area contributed by atoms with Crippen LogP contribution in [0.2, 0.25) is 0 Å². The summed E-state index contributed by atoms with van der Waals surface area (Å²) >= 11 is 0. The Kier molecular flexibility index (Phi) is 4.13. The van der Waals surface area contributed by atoms with E-state index in [0.29, 0.717) is 11.4 Å². The number of hydrogen-bond acceptors (Lipinski definition) is 7. The van der Waals surface area contributed by atoms with E-state index in [0.717, 1.165) is 11.1 Å². The molecule has 4 aromatic rings. The third-order valence-electron chi connectivity index (χ3n) is 3.85. The minimum atomic E-state index is -3.86. The van der Waals surface area contributed by atoms with Gasteiger partial charge in [0.2, 0.25) is 21.8 Å². The zero-order chi connectivity index (χ0) is 19.0. The van der Waals surface area contributed by atoms with Gasteiger partial charge in [-0.25, -0.2) is 17.9 Å². The smallest absolute Gasteiger partial charge is 0.417 e. The molecule has 2 N–H and O–H groups in total. The van der Waals surface area contributed by atoms with Gasteiger partial charge in [-0.15, -0.1) is 10.2 Å². The van der Waals surface area contributed by atoms with E-state index in [9.17, 15) is 13.2 Å². The molecular formula is C17H14N4O5S. The average Bonchev–Trinajstić information content (AvgIpc) is 3.25. The first-order chi connectivity index (χ1) is 12.9. The predicted molar refractivity (Wildman–Crippen MR) is 95.3 cm³/mol. The number of fused-ring (bicyclic) bond motifs is 1. The van der Waals surface area contributed by atoms with Gasteiger partial charge in [-0.3, -0.25) is 4.98 Å². The van der Waals surface area contributed by atoms with Crippen LogP contribution < -0.4 is 10.5 Å². The highest BCUT2D eigenvalue weighted by Gasteiger charge is 2.18. The Balaban J connectivity index is 1.52. The second-order valence-corrected chi connectivity index (χ2v) is 7.63. The quantitative estimate of drug-likeness (QED) is 0.536. The Labute approximate surface area is 153 Å². The molecular weight excluding hydrogens is 372 g/mol. The number of aromatic nitrogens is 3. The summed E-state index contributed by atoms with van der Waals surface area (Å²) in [4.78, 5) is 13.6. The Morgan fingerprint density at radius 2 is 1.96 bits per heavy atom. The summed E-state index contributed by atoms with van der Waals surface area (Å²) in [7, 11) is -3.86. The van der Waals surface area contributed by atoms with Gasteiger partial charge in [0.05, 0.1) is 17.0 Å². The molecule has 138 valence electrons. The molecule has 2 aromatic carbocycles. The number of oxazole rings is 1. The molecule has 27 heavy (non-hydrogen) atoms. The molecule has 0 fully saturated rings. The summed E-state index contributed by atoms with van der Waals surface area (Å²) in [6, 6.07) is 11.6. The van der Waals surface area contributed by atoms with Crippen molar-refractivity contribution in [2.24, 2.45) is 0 Å². The van der Waals surface area contributed by atoms with Crippen molar-refractivity contribution in [2.75, 3.05) is 0 Å². The third kappa shape index (κ3) is 3.52. The van der Waals surface area contributed by atoms with Crippen LogP contribution in [0.25, 0.3) is 22.6 Å². The molecule has 0 unspecified atom stereocenters. The highest BCUT2D eigenvalue weighted by Crippen LogP contribution is 2.20. The van der Waals surface area contributed by atoms with E-state index in [1.54, 1.807) is 0 Å². The van der Waals surface area contributed by atoms with Crippen LogP contribution in [-0.2, 0) is 16.6 Å². The number of H-pyrrole nitrogens is 1. The van der Waals surface area contributed by atoms with Crippen LogP contribution in [0.5, 0.6) is 0 Å². The summed E-state index contributed by atoms with van der Waals surface area (Å²) in [5, 5.41) is 7.80. The molecule has 0 spiro atoms. The minimum absolute atomic E-state index is 0.0452. The van der Waals surface area contributed by atoms with Crippen LogP contribution in [0.15, 0.2) is 61.0 Å². The first kappa shape index (κ1) is 17.2. The van der Waals surface area contributed by atoms with Gasteiger partial charge in [-0.05, 0) is 31.2 Å². The summed E-state index contributed by atoms with van der Waals surface area (Å²) in [5.41, 5.74) is 2.37. The first-order valence-corrected chi connectivity index (χ1v) is 9.41. The second kappa shape index (κ2) is 6.49. The molecule has 0 saturated carbocycles. The highest BCUT2D eigenvalue weighted by atomic mass is 32.2. The van der Waals surface area contributed by atoms with Crippen molar-refractivity contribution in [3.8, 4) is 11.5 Å². The van der Waals surface area contributed by atoms with Crippen LogP contribution in [0, 0.1) is 6.92 Å². The number of nitrogens with zero attached hydrogens (tertiary/aromatic N) is 2. The normalized spacial score (nSPS) is 11.9. The Hall–Kier alpha value is -3.24. The van der Waals surface area contributed by atoms with E-state index in [1.807, 2.05) is 31.2 Å². The number of benzene rings is 2. The molecule has 0 bridgehead atoms. The van der Waals surface area contributed by atoms with Gasteiger partial charge in [0.25, 0.3) is 0 Å². The van der Waals surface area contributed by atoms with Gasteiger partial charge < -0.3 is 8.83 Å². The maximum Gasteiger partial charge on any atom is 0.417 e. The Morgan fingerprint density at radius 3 is 2.78 bits per heavy atom. The van der Waals surface area contributed by atoms with E-state index in [-0.39, 0.29) is 22.9 Å². The van der Waals surface area contributed by atoms with E-state index >= 15 is 0 Å². The number of aromatic amines is 1. The lowest BCUT2D eigenvalue weighted by atomic mass is 10.1. The number of nitrogens with one attached hydrogen (secondary N) is 2. The molecule has 2 heterocycles. The fourth-order valence-corrected chi connectivity index (χ4v) is 3.54. The van der Waals surface area contributed by atoms with E-state index in [1.165, 1.54) is 18.2 Å². The van der Waals surface area contributed by atoms with Crippen molar-refractivity contribution >= 4 is 21.1 Å². The van der Waals surface area contributed by atoms with Crippen molar-refractivity contribution < 1.29 is 17.3 Å². The molecule has 2 aromatic heterocycles. The van der Waals surface area contributed by atoms with E-state index in [4.69, 9.17) is 8.83 Å². The Bertz CT molecular complexity index is 1290. The summed E-state index contributed by atoms with van der Waals surface area (Å²) < 4.78 is 37.7. The second-order valence-electron chi connectivity index (χ2n) is 5.87. The fraction of sp³-hybridized carbons (Fsp3) is 0.118. The fourth-order valence-electron chi connectivity index (χ4n) is 2.55. The van der Waals surface area contributed by atoms with Crippen LogP contribution in [0.1, 0.15) is 11.5 Å². The molecule has 0 aliphatic heterocycles. The van der Waals surface area contributed by atoms with Crippen LogP contribution in [0.4, 0.5) is 0 Å².